The van der Waals surface area contributed by atoms with Crippen molar-refractivity contribution in [2.45, 2.75) is 53.2 Å². The van der Waals surface area contributed by atoms with E-state index in [1.54, 1.807) is 13.0 Å². The first-order chi connectivity index (χ1) is 14.8. The molecule has 1 aliphatic heterocycles. The fourth-order valence-electron chi connectivity index (χ4n) is 3.40. The molecule has 1 aliphatic rings. The van der Waals surface area contributed by atoms with Crippen LogP contribution in [0.4, 0.5) is 5.69 Å². The molecule has 164 valence electrons. The van der Waals surface area contributed by atoms with Gasteiger partial charge in [0.2, 0.25) is 0 Å². The van der Waals surface area contributed by atoms with Gasteiger partial charge in [0.05, 0.1) is 6.61 Å². The van der Waals surface area contributed by atoms with Crippen molar-refractivity contribution in [3.05, 3.63) is 58.7 Å². The highest BCUT2D eigenvalue weighted by Crippen LogP contribution is 2.35. The highest BCUT2D eigenvalue weighted by Gasteiger charge is 2.22. The van der Waals surface area contributed by atoms with Crippen LogP contribution in [0.2, 0.25) is 0 Å². The van der Waals surface area contributed by atoms with E-state index >= 15 is 0 Å². The van der Waals surface area contributed by atoms with Crippen LogP contribution in [0.3, 0.4) is 0 Å². The lowest BCUT2D eigenvalue weighted by Crippen LogP contribution is -2.29. The molecule has 1 heterocycles. The number of anilines is 1. The molecule has 6 heteroatoms. The predicted octanol–water partition coefficient (Wildman–Crippen LogP) is 4.61. The standard InChI is InChI=1S/C25H29NO5/c1-6-29-22-14-20-12-17(4)30-23(20)13-19(22)9-10-24(27)31-18(5)25(28)26-21-11-15(2)7-8-16(21)3/h7-11,13-14,17-18H,6,12H2,1-5H3,(H,26,28)/b10-9+/t17-,18+/m0/s1. The first kappa shape index (κ1) is 22.4. The number of hydrogen-bond acceptors (Lipinski definition) is 5. The normalized spacial score (nSPS) is 15.8. The van der Waals surface area contributed by atoms with E-state index < -0.39 is 12.1 Å². The first-order valence-corrected chi connectivity index (χ1v) is 10.5. The molecule has 3 rings (SSSR count). The number of fused-ring (bicyclic) bond motifs is 1. The molecule has 0 spiro atoms. The maximum atomic E-state index is 12.4. The van der Waals surface area contributed by atoms with Crippen LogP contribution in [-0.2, 0) is 20.7 Å². The summed E-state index contributed by atoms with van der Waals surface area (Å²) in [6, 6.07) is 9.60. The van der Waals surface area contributed by atoms with Crippen molar-refractivity contribution in [3.63, 3.8) is 0 Å². The van der Waals surface area contributed by atoms with E-state index in [-0.39, 0.29) is 12.0 Å². The number of amides is 1. The molecule has 1 amide bonds. The van der Waals surface area contributed by atoms with E-state index in [2.05, 4.69) is 5.32 Å². The number of aryl methyl sites for hydroxylation is 2. The van der Waals surface area contributed by atoms with Gasteiger partial charge in [0, 0.05) is 29.3 Å². The Hall–Kier alpha value is -3.28. The third-order valence-electron chi connectivity index (χ3n) is 5.04. The van der Waals surface area contributed by atoms with Gasteiger partial charge in [-0.15, -0.1) is 0 Å². The molecule has 2 aromatic carbocycles. The molecule has 1 N–H and O–H groups in total. The summed E-state index contributed by atoms with van der Waals surface area (Å²) in [6.45, 7) is 9.83. The summed E-state index contributed by atoms with van der Waals surface area (Å²) in [4.78, 5) is 24.7. The van der Waals surface area contributed by atoms with Crippen LogP contribution < -0.4 is 14.8 Å². The molecule has 0 bridgehead atoms. The van der Waals surface area contributed by atoms with Gasteiger partial charge in [-0.2, -0.15) is 0 Å². The van der Waals surface area contributed by atoms with Crippen LogP contribution in [0.15, 0.2) is 36.4 Å². The second-order valence-corrected chi connectivity index (χ2v) is 7.78. The maximum absolute atomic E-state index is 12.4. The van der Waals surface area contributed by atoms with Crippen molar-refractivity contribution >= 4 is 23.6 Å². The van der Waals surface area contributed by atoms with E-state index in [4.69, 9.17) is 14.2 Å². The Bertz CT molecular complexity index is 1010. The summed E-state index contributed by atoms with van der Waals surface area (Å²) < 4.78 is 16.8. The number of carbonyl (C=O) groups is 2. The highest BCUT2D eigenvalue weighted by molar-refractivity contribution is 5.97. The van der Waals surface area contributed by atoms with Gasteiger partial charge in [-0.1, -0.05) is 12.1 Å². The van der Waals surface area contributed by atoms with E-state index in [9.17, 15) is 9.59 Å². The van der Waals surface area contributed by atoms with Crippen LogP contribution in [0, 0.1) is 13.8 Å². The molecule has 0 saturated heterocycles. The summed E-state index contributed by atoms with van der Waals surface area (Å²) in [5.41, 5.74) is 4.49. The zero-order valence-corrected chi connectivity index (χ0v) is 18.7. The molecule has 0 saturated carbocycles. The molecule has 0 aliphatic carbocycles. The Balaban J connectivity index is 1.65. The summed E-state index contributed by atoms with van der Waals surface area (Å²) in [5.74, 6) is 0.486. The fourth-order valence-corrected chi connectivity index (χ4v) is 3.40. The minimum Gasteiger partial charge on any atom is -0.493 e. The molecule has 6 nitrogen and oxygen atoms in total. The van der Waals surface area contributed by atoms with Crippen LogP contribution in [0.25, 0.3) is 6.08 Å². The van der Waals surface area contributed by atoms with Crippen molar-refractivity contribution in [1.29, 1.82) is 0 Å². The lowest BCUT2D eigenvalue weighted by molar-refractivity contribution is -0.148. The first-order valence-electron chi connectivity index (χ1n) is 10.5. The average Bonchev–Trinajstić information content (AvgIpc) is 3.07. The van der Waals surface area contributed by atoms with E-state index in [1.807, 2.05) is 58.0 Å². The Morgan fingerprint density at radius 1 is 1.26 bits per heavy atom. The van der Waals surface area contributed by atoms with Gasteiger partial charge in [0.15, 0.2) is 6.10 Å². The van der Waals surface area contributed by atoms with Gasteiger partial charge in [-0.05, 0) is 70.0 Å². The Labute approximate surface area is 183 Å². The van der Waals surface area contributed by atoms with Gasteiger partial charge in [0.25, 0.3) is 5.91 Å². The van der Waals surface area contributed by atoms with Crippen LogP contribution in [0.5, 0.6) is 11.5 Å². The van der Waals surface area contributed by atoms with Crippen molar-refractivity contribution in [2.24, 2.45) is 0 Å². The predicted molar refractivity (Wildman–Crippen MR) is 121 cm³/mol. The average molecular weight is 424 g/mol. The summed E-state index contributed by atoms with van der Waals surface area (Å²) in [5, 5.41) is 2.81. The molecule has 2 aromatic rings. The number of benzene rings is 2. The Morgan fingerprint density at radius 3 is 2.77 bits per heavy atom. The fraction of sp³-hybridized carbons (Fsp3) is 0.360. The van der Waals surface area contributed by atoms with Crippen molar-refractivity contribution in [1.82, 2.24) is 0 Å². The number of esters is 1. The van der Waals surface area contributed by atoms with Gasteiger partial charge >= 0.3 is 5.97 Å². The molecule has 0 unspecified atom stereocenters. The van der Waals surface area contributed by atoms with Crippen molar-refractivity contribution in [2.75, 3.05) is 11.9 Å². The van der Waals surface area contributed by atoms with Crippen molar-refractivity contribution < 1.29 is 23.8 Å². The summed E-state index contributed by atoms with van der Waals surface area (Å²) in [7, 11) is 0. The third-order valence-corrected chi connectivity index (χ3v) is 5.04. The van der Waals surface area contributed by atoms with Crippen LogP contribution >= 0.6 is 0 Å². The van der Waals surface area contributed by atoms with Gasteiger partial charge in [-0.25, -0.2) is 4.79 Å². The SMILES string of the molecule is CCOc1cc2c(cc1/C=C/C(=O)O[C@H](C)C(=O)Nc1cc(C)ccc1C)O[C@@H](C)C2. The van der Waals surface area contributed by atoms with Gasteiger partial charge in [-0.3, -0.25) is 4.79 Å². The second-order valence-electron chi connectivity index (χ2n) is 7.78. The number of rotatable bonds is 7. The number of ether oxygens (including phenoxy) is 3. The molecule has 0 fully saturated rings. The third kappa shape index (κ3) is 5.66. The molecular formula is C25H29NO5. The monoisotopic (exact) mass is 423 g/mol. The molecule has 0 radical (unpaired) electrons. The molecule has 31 heavy (non-hydrogen) atoms. The number of nitrogens with one attached hydrogen (secondary N) is 1. The zero-order chi connectivity index (χ0) is 22.5. The van der Waals surface area contributed by atoms with Gasteiger partial charge in [0.1, 0.15) is 17.6 Å². The zero-order valence-electron chi connectivity index (χ0n) is 18.7. The van der Waals surface area contributed by atoms with Crippen molar-refractivity contribution in [3.8, 4) is 11.5 Å². The lowest BCUT2D eigenvalue weighted by atomic mass is 10.1. The smallest absolute Gasteiger partial charge is 0.331 e. The van der Waals surface area contributed by atoms with Crippen LogP contribution in [-0.4, -0.2) is 30.7 Å². The number of hydrogen-bond donors (Lipinski definition) is 1. The van der Waals surface area contributed by atoms with E-state index in [0.29, 0.717) is 18.0 Å². The highest BCUT2D eigenvalue weighted by atomic mass is 16.5. The topological polar surface area (TPSA) is 73.9 Å². The van der Waals surface area contributed by atoms with E-state index in [0.717, 1.165) is 34.4 Å². The minimum atomic E-state index is -0.937. The molecule has 0 aromatic heterocycles. The summed E-state index contributed by atoms with van der Waals surface area (Å²) in [6.07, 6.45) is 2.92. The second kappa shape index (κ2) is 9.69. The van der Waals surface area contributed by atoms with E-state index in [1.165, 1.54) is 6.08 Å². The maximum Gasteiger partial charge on any atom is 0.331 e. The Kier molecular flexibility index (Phi) is 7.00. The Morgan fingerprint density at radius 2 is 2.03 bits per heavy atom. The van der Waals surface area contributed by atoms with Gasteiger partial charge < -0.3 is 19.5 Å². The number of carbonyl (C=O) groups excluding carboxylic acids is 2. The minimum absolute atomic E-state index is 0.116. The summed E-state index contributed by atoms with van der Waals surface area (Å²) >= 11 is 0. The molecular weight excluding hydrogens is 394 g/mol. The van der Waals surface area contributed by atoms with Crippen LogP contribution in [0.1, 0.15) is 43.0 Å². The largest absolute Gasteiger partial charge is 0.493 e. The molecule has 2 atom stereocenters. The quantitative estimate of drug-likeness (QED) is 0.520. The lowest BCUT2D eigenvalue weighted by Gasteiger charge is -2.14.